The number of rotatable bonds is 1. The number of carbonyl (C=O) groups is 1. The quantitative estimate of drug-likeness (QED) is 0.605. The van der Waals surface area contributed by atoms with E-state index < -0.39 is 11.9 Å². The van der Waals surface area contributed by atoms with E-state index in [1.807, 2.05) is 0 Å². The zero-order chi connectivity index (χ0) is 7.56. The van der Waals surface area contributed by atoms with E-state index in [9.17, 15) is 4.79 Å². The number of hydrogen-bond donors (Lipinski definition) is 2. The van der Waals surface area contributed by atoms with Crippen LogP contribution in [-0.4, -0.2) is 23.5 Å². The van der Waals surface area contributed by atoms with E-state index in [-0.39, 0.29) is 18.2 Å². The van der Waals surface area contributed by atoms with E-state index >= 15 is 0 Å². The third-order valence-electron chi connectivity index (χ3n) is 1.60. The highest BCUT2D eigenvalue weighted by Gasteiger charge is 2.23. The van der Waals surface area contributed by atoms with Gasteiger partial charge in [-0.15, -0.1) is 12.4 Å². The van der Waals surface area contributed by atoms with Gasteiger partial charge in [0.1, 0.15) is 11.8 Å². The van der Waals surface area contributed by atoms with Gasteiger partial charge in [0.2, 0.25) is 0 Å². The van der Waals surface area contributed by atoms with E-state index in [1.54, 1.807) is 0 Å². The minimum absolute atomic E-state index is 0. The molecule has 0 bridgehead atoms. The van der Waals surface area contributed by atoms with Crippen molar-refractivity contribution in [2.45, 2.75) is 12.8 Å². The van der Waals surface area contributed by atoms with Crippen molar-refractivity contribution in [3.05, 3.63) is 0 Å². The van der Waals surface area contributed by atoms with Crippen molar-refractivity contribution in [1.82, 2.24) is 0 Å². The molecular formula is C6H11ClN2O2. The number of halogens is 1. The summed E-state index contributed by atoms with van der Waals surface area (Å²) in [5.74, 6) is -1.12. The van der Waals surface area contributed by atoms with Gasteiger partial charge in [-0.05, 0) is 12.8 Å². The molecule has 1 aliphatic rings. The zero-order valence-corrected chi connectivity index (χ0v) is 6.80. The summed E-state index contributed by atoms with van der Waals surface area (Å²) in [6, 6.07) is 0. The van der Waals surface area contributed by atoms with E-state index in [0.29, 0.717) is 13.0 Å². The Kier molecular flexibility index (Phi) is 3.89. The highest BCUT2D eigenvalue weighted by molar-refractivity contribution is 5.99. The minimum Gasteiger partial charge on any atom is -0.481 e. The number of carboxylic acids is 1. The van der Waals surface area contributed by atoms with Crippen LogP contribution in [0.3, 0.4) is 0 Å². The smallest absolute Gasteiger partial charge is 0.314 e. The van der Waals surface area contributed by atoms with Gasteiger partial charge >= 0.3 is 5.97 Å². The number of carboxylic acid groups (broad SMARTS) is 1. The highest BCUT2D eigenvalue weighted by atomic mass is 35.5. The van der Waals surface area contributed by atoms with Crippen molar-refractivity contribution in [1.29, 1.82) is 0 Å². The number of hydrogen-bond acceptors (Lipinski definition) is 3. The molecule has 1 rings (SSSR count). The molecule has 11 heavy (non-hydrogen) atoms. The summed E-state index contributed by atoms with van der Waals surface area (Å²) in [6.45, 7) is 0.676. The summed E-state index contributed by atoms with van der Waals surface area (Å²) in [5.41, 5.74) is 5.35. The van der Waals surface area contributed by atoms with Gasteiger partial charge in [-0.1, -0.05) is 0 Å². The molecule has 0 aromatic heterocycles. The molecule has 4 nitrogen and oxygen atoms in total. The highest BCUT2D eigenvalue weighted by Crippen LogP contribution is 2.11. The summed E-state index contributed by atoms with van der Waals surface area (Å²) in [6.07, 6.45) is 1.46. The molecule has 3 N–H and O–H groups in total. The lowest BCUT2D eigenvalue weighted by molar-refractivity contribution is -0.139. The van der Waals surface area contributed by atoms with Crippen molar-refractivity contribution in [2.75, 3.05) is 6.54 Å². The van der Waals surface area contributed by atoms with Gasteiger partial charge < -0.3 is 10.8 Å². The molecule has 1 heterocycles. The number of aliphatic carboxylic acids is 1. The molecule has 0 radical (unpaired) electrons. The topological polar surface area (TPSA) is 75.7 Å². The Bertz CT molecular complexity index is 181. The first kappa shape index (κ1) is 10.2. The van der Waals surface area contributed by atoms with Crippen LogP contribution in [-0.2, 0) is 4.79 Å². The van der Waals surface area contributed by atoms with E-state index in [0.717, 1.165) is 6.42 Å². The second-order valence-electron chi connectivity index (χ2n) is 2.34. The second kappa shape index (κ2) is 4.18. The molecule has 0 amide bonds. The van der Waals surface area contributed by atoms with Gasteiger partial charge in [-0.25, -0.2) is 0 Å². The fraction of sp³-hybridized carbons (Fsp3) is 0.667. The van der Waals surface area contributed by atoms with Crippen LogP contribution in [0.25, 0.3) is 0 Å². The lowest BCUT2D eigenvalue weighted by Crippen LogP contribution is -2.33. The average molecular weight is 179 g/mol. The third-order valence-corrected chi connectivity index (χ3v) is 1.60. The van der Waals surface area contributed by atoms with Gasteiger partial charge in [0.15, 0.2) is 0 Å². The molecule has 0 saturated heterocycles. The van der Waals surface area contributed by atoms with Crippen LogP contribution in [0.5, 0.6) is 0 Å². The maximum Gasteiger partial charge on any atom is 0.314 e. The number of amidine groups is 1. The van der Waals surface area contributed by atoms with Crippen LogP contribution in [0.4, 0.5) is 0 Å². The van der Waals surface area contributed by atoms with Crippen LogP contribution < -0.4 is 5.73 Å². The second-order valence-corrected chi connectivity index (χ2v) is 2.34. The average Bonchev–Trinajstić information content (AvgIpc) is 1.88. The number of nitrogens with zero attached hydrogens (tertiary/aromatic N) is 1. The molecular weight excluding hydrogens is 168 g/mol. The lowest BCUT2D eigenvalue weighted by atomic mass is 10.00. The molecule has 5 heteroatoms. The Hall–Kier alpha value is -0.770. The van der Waals surface area contributed by atoms with E-state index in [2.05, 4.69) is 4.99 Å². The lowest BCUT2D eigenvalue weighted by Gasteiger charge is -2.15. The predicted molar refractivity (Wildman–Crippen MR) is 44.1 cm³/mol. The Morgan fingerprint density at radius 3 is 2.73 bits per heavy atom. The monoisotopic (exact) mass is 178 g/mol. The Morgan fingerprint density at radius 2 is 2.36 bits per heavy atom. The summed E-state index contributed by atoms with van der Waals surface area (Å²) >= 11 is 0. The van der Waals surface area contributed by atoms with E-state index in [4.69, 9.17) is 10.8 Å². The van der Waals surface area contributed by atoms with Crippen molar-refractivity contribution < 1.29 is 9.90 Å². The van der Waals surface area contributed by atoms with Crippen LogP contribution >= 0.6 is 12.4 Å². The van der Waals surface area contributed by atoms with Crippen molar-refractivity contribution >= 4 is 24.2 Å². The Labute approximate surface area is 70.9 Å². The largest absolute Gasteiger partial charge is 0.481 e. The summed E-state index contributed by atoms with van der Waals surface area (Å²) in [4.78, 5) is 14.3. The van der Waals surface area contributed by atoms with Crippen molar-refractivity contribution in [2.24, 2.45) is 16.6 Å². The third kappa shape index (κ3) is 2.38. The van der Waals surface area contributed by atoms with Crippen LogP contribution in [0, 0.1) is 5.92 Å². The first-order chi connectivity index (χ1) is 4.72. The van der Waals surface area contributed by atoms with Gasteiger partial charge in [0.05, 0.1) is 0 Å². The van der Waals surface area contributed by atoms with Gasteiger partial charge in [-0.2, -0.15) is 0 Å². The Balaban J connectivity index is 0.000001000. The molecule has 0 spiro atoms. The maximum absolute atomic E-state index is 10.4. The zero-order valence-electron chi connectivity index (χ0n) is 5.99. The molecule has 0 aromatic rings. The molecule has 0 saturated carbocycles. The molecule has 0 aromatic carbocycles. The molecule has 64 valence electrons. The number of aliphatic imine (C=N–C) groups is 1. The van der Waals surface area contributed by atoms with Gasteiger partial charge in [-0.3, -0.25) is 9.79 Å². The minimum atomic E-state index is -0.860. The molecule has 1 aliphatic heterocycles. The predicted octanol–water partition coefficient (Wildman–Crippen LogP) is 0.260. The van der Waals surface area contributed by atoms with E-state index in [1.165, 1.54) is 0 Å². The van der Waals surface area contributed by atoms with Gasteiger partial charge in [0.25, 0.3) is 0 Å². The van der Waals surface area contributed by atoms with Crippen LogP contribution in [0.1, 0.15) is 12.8 Å². The number of nitrogens with two attached hydrogens (primary N) is 1. The summed E-state index contributed by atoms with van der Waals surface area (Å²) < 4.78 is 0. The summed E-state index contributed by atoms with van der Waals surface area (Å²) in [5, 5.41) is 8.55. The first-order valence-corrected chi connectivity index (χ1v) is 3.24. The molecule has 1 unspecified atom stereocenters. The van der Waals surface area contributed by atoms with Crippen LogP contribution in [0.15, 0.2) is 4.99 Å². The Morgan fingerprint density at radius 1 is 1.73 bits per heavy atom. The molecule has 0 fully saturated rings. The first-order valence-electron chi connectivity index (χ1n) is 3.24. The normalized spacial score (nSPS) is 23.3. The van der Waals surface area contributed by atoms with Gasteiger partial charge in [0, 0.05) is 6.54 Å². The SMILES string of the molecule is Cl.NC1=NCCCC1C(=O)O. The van der Waals surface area contributed by atoms with Crippen molar-refractivity contribution in [3.8, 4) is 0 Å². The molecule has 1 atom stereocenters. The standard InChI is InChI=1S/C6H10N2O2.ClH/c7-5-4(6(9)10)2-1-3-8-5;/h4H,1-3H2,(H2,7,8)(H,9,10);1H. The molecule has 0 aliphatic carbocycles. The fourth-order valence-corrected chi connectivity index (χ4v) is 1.01. The fourth-order valence-electron chi connectivity index (χ4n) is 1.01. The van der Waals surface area contributed by atoms with Crippen LogP contribution in [0.2, 0.25) is 0 Å². The maximum atomic E-state index is 10.4. The summed E-state index contributed by atoms with van der Waals surface area (Å²) in [7, 11) is 0. The van der Waals surface area contributed by atoms with Crippen molar-refractivity contribution in [3.63, 3.8) is 0 Å².